The molecule has 0 saturated heterocycles. The summed E-state index contributed by atoms with van der Waals surface area (Å²) in [5, 5.41) is 3.64. The molecule has 0 radical (unpaired) electrons. The summed E-state index contributed by atoms with van der Waals surface area (Å²) in [5.41, 5.74) is 2.91. The van der Waals surface area contributed by atoms with Gasteiger partial charge in [-0.2, -0.15) is 0 Å². The molecule has 1 N–H and O–H groups in total. The van der Waals surface area contributed by atoms with Gasteiger partial charge in [-0.3, -0.25) is 4.79 Å². The molecule has 2 aromatic rings. The zero-order valence-corrected chi connectivity index (χ0v) is 16.8. The Hall–Kier alpha value is -2.12. The summed E-state index contributed by atoms with van der Waals surface area (Å²) in [6.07, 6.45) is 0. The van der Waals surface area contributed by atoms with Gasteiger partial charge >= 0.3 is 0 Å². The number of benzene rings is 1. The molecule has 1 aromatic heterocycles. The molecule has 26 heavy (non-hydrogen) atoms. The molecule has 140 valence electrons. The molecule has 0 aliphatic carbocycles. The summed E-state index contributed by atoms with van der Waals surface area (Å²) in [6.45, 7) is 4.37. The van der Waals surface area contributed by atoms with Crippen molar-refractivity contribution in [3.8, 4) is 5.75 Å². The van der Waals surface area contributed by atoms with Crippen LogP contribution in [0.2, 0.25) is 0 Å². The SMILES string of the molecule is COc1cccc(C(CNC(=O)CSc2nc(C)cc(C)n2)N(C)C)c1. The van der Waals surface area contributed by atoms with Gasteiger partial charge in [0.25, 0.3) is 0 Å². The molecule has 0 fully saturated rings. The number of hydrogen-bond acceptors (Lipinski definition) is 6. The Morgan fingerprint density at radius 3 is 2.54 bits per heavy atom. The van der Waals surface area contributed by atoms with Gasteiger partial charge in [-0.05, 0) is 51.7 Å². The number of nitrogens with one attached hydrogen (secondary N) is 1. The fraction of sp³-hybridized carbons (Fsp3) is 0.421. The standard InChI is InChI=1S/C19H26N4O2S/c1-13-9-14(2)22-19(21-13)26-12-18(24)20-11-17(23(3)4)15-7-6-8-16(10-15)25-5/h6-10,17H,11-12H2,1-5H3,(H,20,24). The van der Waals surface area contributed by atoms with Crippen LogP contribution in [0.15, 0.2) is 35.5 Å². The zero-order chi connectivity index (χ0) is 19.1. The van der Waals surface area contributed by atoms with Gasteiger partial charge in [-0.25, -0.2) is 9.97 Å². The van der Waals surface area contributed by atoms with Crippen molar-refractivity contribution >= 4 is 17.7 Å². The van der Waals surface area contributed by atoms with E-state index in [0.29, 0.717) is 17.5 Å². The van der Waals surface area contributed by atoms with E-state index < -0.39 is 0 Å². The van der Waals surface area contributed by atoms with Crippen LogP contribution in [0.4, 0.5) is 0 Å². The third kappa shape index (κ3) is 6.00. The van der Waals surface area contributed by atoms with Crippen LogP contribution < -0.4 is 10.1 Å². The maximum atomic E-state index is 12.2. The molecule has 0 aliphatic heterocycles. The van der Waals surface area contributed by atoms with Crippen molar-refractivity contribution in [1.82, 2.24) is 20.2 Å². The first-order valence-electron chi connectivity index (χ1n) is 8.41. The number of ether oxygens (including phenoxy) is 1. The van der Waals surface area contributed by atoms with Gasteiger partial charge in [0.2, 0.25) is 5.91 Å². The second kappa shape index (κ2) is 9.54. The van der Waals surface area contributed by atoms with Crippen LogP contribution in [0.1, 0.15) is 23.0 Å². The smallest absolute Gasteiger partial charge is 0.230 e. The Labute approximate surface area is 159 Å². The molecule has 6 nitrogen and oxygen atoms in total. The summed E-state index contributed by atoms with van der Waals surface area (Å²) in [5.74, 6) is 1.07. The summed E-state index contributed by atoms with van der Waals surface area (Å²) in [6, 6.07) is 9.89. The van der Waals surface area contributed by atoms with Crippen molar-refractivity contribution in [3.63, 3.8) is 0 Å². The van der Waals surface area contributed by atoms with Crippen molar-refractivity contribution in [3.05, 3.63) is 47.3 Å². The molecule has 2 rings (SSSR count). The predicted molar refractivity (Wildman–Crippen MR) is 105 cm³/mol. The third-order valence-corrected chi connectivity index (χ3v) is 4.74. The lowest BCUT2D eigenvalue weighted by Crippen LogP contribution is -2.35. The van der Waals surface area contributed by atoms with Gasteiger partial charge < -0.3 is 15.0 Å². The van der Waals surface area contributed by atoms with E-state index >= 15 is 0 Å². The maximum Gasteiger partial charge on any atom is 0.230 e. The number of methoxy groups -OCH3 is 1. The Bertz CT molecular complexity index is 732. The molecular formula is C19H26N4O2S. The third-order valence-electron chi connectivity index (χ3n) is 3.89. The van der Waals surface area contributed by atoms with Crippen LogP contribution in [0, 0.1) is 13.8 Å². The van der Waals surface area contributed by atoms with Crippen molar-refractivity contribution in [2.75, 3.05) is 33.5 Å². The topological polar surface area (TPSA) is 67.3 Å². The number of aromatic nitrogens is 2. The molecular weight excluding hydrogens is 348 g/mol. The van der Waals surface area contributed by atoms with Crippen LogP contribution >= 0.6 is 11.8 Å². The lowest BCUT2D eigenvalue weighted by Gasteiger charge is -2.25. The van der Waals surface area contributed by atoms with Crippen LogP contribution in [0.5, 0.6) is 5.75 Å². The van der Waals surface area contributed by atoms with Crippen LogP contribution in [-0.4, -0.2) is 54.3 Å². The highest BCUT2D eigenvalue weighted by molar-refractivity contribution is 7.99. The van der Waals surface area contributed by atoms with Crippen LogP contribution in [-0.2, 0) is 4.79 Å². The van der Waals surface area contributed by atoms with Gasteiger partial charge in [0.1, 0.15) is 5.75 Å². The number of carbonyl (C=O) groups excluding carboxylic acids is 1. The Balaban J connectivity index is 1.92. The number of likely N-dealkylation sites (N-methyl/N-ethyl adjacent to an activating group) is 1. The molecule has 0 aliphatic rings. The monoisotopic (exact) mass is 374 g/mol. The molecule has 0 bridgehead atoms. The normalized spacial score (nSPS) is 12.1. The molecule has 1 amide bonds. The number of carbonyl (C=O) groups is 1. The summed E-state index contributed by atoms with van der Waals surface area (Å²) in [7, 11) is 5.64. The van der Waals surface area contributed by atoms with E-state index in [1.54, 1.807) is 7.11 Å². The fourth-order valence-electron chi connectivity index (χ4n) is 2.60. The van der Waals surface area contributed by atoms with E-state index in [9.17, 15) is 4.79 Å². The first-order chi connectivity index (χ1) is 12.4. The highest BCUT2D eigenvalue weighted by atomic mass is 32.2. The number of hydrogen-bond donors (Lipinski definition) is 1. The molecule has 1 unspecified atom stereocenters. The molecule has 0 saturated carbocycles. The van der Waals surface area contributed by atoms with E-state index in [1.807, 2.05) is 58.3 Å². The van der Waals surface area contributed by atoms with Crippen LogP contribution in [0.3, 0.4) is 0 Å². The van der Waals surface area contributed by atoms with Gasteiger partial charge in [-0.15, -0.1) is 0 Å². The second-order valence-corrected chi connectivity index (χ2v) is 7.22. The predicted octanol–water partition coefficient (Wildman–Crippen LogP) is 2.61. The number of amides is 1. The lowest BCUT2D eigenvalue weighted by molar-refractivity contribution is -0.118. The van der Waals surface area contributed by atoms with Crippen molar-refractivity contribution in [2.24, 2.45) is 0 Å². The van der Waals surface area contributed by atoms with Crippen molar-refractivity contribution in [1.29, 1.82) is 0 Å². The number of rotatable bonds is 8. The van der Waals surface area contributed by atoms with E-state index in [0.717, 1.165) is 22.7 Å². The first-order valence-corrected chi connectivity index (χ1v) is 9.39. The maximum absolute atomic E-state index is 12.2. The Kier molecular flexibility index (Phi) is 7.41. The summed E-state index contributed by atoms with van der Waals surface area (Å²) < 4.78 is 5.29. The van der Waals surface area contributed by atoms with E-state index in [2.05, 4.69) is 20.2 Å². The Morgan fingerprint density at radius 2 is 1.92 bits per heavy atom. The average Bonchev–Trinajstić information content (AvgIpc) is 2.59. The minimum atomic E-state index is -0.0347. The largest absolute Gasteiger partial charge is 0.497 e. The van der Waals surface area contributed by atoms with Crippen molar-refractivity contribution < 1.29 is 9.53 Å². The van der Waals surface area contributed by atoms with E-state index in [-0.39, 0.29) is 11.9 Å². The van der Waals surface area contributed by atoms with E-state index in [4.69, 9.17) is 4.74 Å². The van der Waals surface area contributed by atoms with Crippen molar-refractivity contribution in [2.45, 2.75) is 25.0 Å². The first kappa shape index (κ1) is 20.2. The highest BCUT2D eigenvalue weighted by Gasteiger charge is 2.16. The number of thioether (sulfide) groups is 1. The molecule has 0 spiro atoms. The molecule has 1 aromatic carbocycles. The van der Waals surface area contributed by atoms with E-state index in [1.165, 1.54) is 11.8 Å². The molecule has 1 atom stereocenters. The second-order valence-electron chi connectivity index (χ2n) is 6.28. The quantitative estimate of drug-likeness (QED) is 0.566. The van der Waals surface area contributed by atoms with Gasteiger partial charge in [0, 0.05) is 17.9 Å². The number of nitrogens with zero attached hydrogens (tertiary/aromatic N) is 3. The van der Waals surface area contributed by atoms with Gasteiger partial charge in [-0.1, -0.05) is 23.9 Å². The fourth-order valence-corrected chi connectivity index (χ4v) is 3.38. The van der Waals surface area contributed by atoms with Gasteiger partial charge in [0.15, 0.2) is 5.16 Å². The average molecular weight is 375 g/mol. The summed E-state index contributed by atoms with van der Waals surface area (Å²) in [4.78, 5) is 23.0. The Morgan fingerprint density at radius 1 is 1.23 bits per heavy atom. The number of aryl methyl sites for hydroxylation is 2. The van der Waals surface area contributed by atoms with Crippen LogP contribution in [0.25, 0.3) is 0 Å². The van der Waals surface area contributed by atoms with Gasteiger partial charge in [0.05, 0.1) is 18.9 Å². The lowest BCUT2D eigenvalue weighted by atomic mass is 10.1. The summed E-state index contributed by atoms with van der Waals surface area (Å²) >= 11 is 1.35. The zero-order valence-electron chi connectivity index (χ0n) is 15.9. The minimum absolute atomic E-state index is 0.0347. The highest BCUT2D eigenvalue weighted by Crippen LogP contribution is 2.22. The molecule has 1 heterocycles. The molecule has 7 heteroatoms. The minimum Gasteiger partial charge on any atom is -0.497 e.